The first kappa shape index (κ1) is 14.3. The molecule has 0 aliphatic rings. The van der Waals surface area contributed by atoms with E-state index in [0.717, 1.165) is 4.47 Å². The fraction of sp³-hybridized carbons (Fsp3) is 0.143. The van der Waals surface area contributed by atoms with Crippen LogP contribution in [-0.2, 0) is 16.6 Å². The van der Waals surface area contributed by atoms with Crippen molar-refractivity contribution in [1.29, 1.82) is 0 Å². The Morgan fingerprint density at radius 3 is 2.65 bits per heavy atom. The molecule has 0 fully saturated rings. The zero-order valence-electron chi connectivity index (χ0n) is 10.8. The Labute approximate surface area is 124 Å². The zero-order chi connectivity index (χ0) is 14.5. The van der Waals surface area contributed by atoms with E-state index in [1.54, 1.807) is 42.1 Å². The van der Waals surface area contributed by atoms with E-state index in [2.05, 4.69) is 21.2 Å². The lowest BCUT2D eigenvalue weighted by Gasteiger charge is -2.08. The fourth-order valence-electron chi connectivity index (χ4n) is 1.63. The van der Waals surface area contributed by atoms with E-state index in [1.165, 1.54) is 0 Å². The summed E-state index contributed by atoms with van der Waals surface area (Å²) in [7, 11) is 1.73. The average molecular weight is 337 g/mol. The van der Waals surface area contributed by atoms with Gasteiger partial charge in [0.15, 0.2) is 6.61 Å². The average Bonchev–Trinajstić information content (AvgIpc) is 2.85. The fourth-order valence-corrected chi connectivity index (χ4v) is 2.01. The third-order valence-electron chi connectivity index (χ3n) is 2.64. The second-order valence-electron chi connectivity index (χ2n) is 4.11. The molecule has 1 amide bonds. The van der Waals surface area contributed by atoms with Crippen molar-refractivity contribution in [3.63, 3.8) is 0 Å². The van der Waals surface area contributed by atoms with Crippen LogP contribution in [0.3, 0.4) is 0 Å². The maximum atomic E-state index is 11.7. The Balaban J connectivity index is 1.89. The number of esters is 1. The summed E-state index contributed by atoms with van der Waals surface area (Å²) in [6.45, 7) is -0.328. The number of rotatable bonds is 4. The quantitative estimate of drug-likeness (QED) is 0.873. The number of nitrogens with zero attached hydrogens (tertiary/aromatic N) is 1. The molecule has 6 heteroatoms. The SMILES string of the molecule is Cn1cccc1C(=O)OCC(=O)Nc1ccccc1Br. The van der Waals surface area contributed by atoms with Crippen LogP contribution in [0.2, 0.25) is 0 Å². The lowest BCUT2D eigenvalue weighted by molar-refractivity contribution is -0.119. The van der Waals surface area contributed by atoms with E-state index in [9.17, 15) is 9.59 Å². The standard InChI is InChI=1S/C14H13BrN2O3/c1-17-8-4-7-12(17)14(19)20-9-13(18)16-11-6-3-2-5-10(11)15/h2-8H,9H2,1H3,(H,16,18). The van der Waals surface area contributed by atoms with Crippen LogP contribution in [0.5, 0.6) is 0 Å². The van der Waals surface area contributed by atoms with Crippen LogP contribution in [0.1, 0.15) is 10.5 Å². The number of hydrogen-bond acceptors (Lipinski definition) is 3. The van der Waals surface area contributed by atoms with E-state index in [0.29, 0.717) is 11.4 Å². The van der Waals surface area contributed by atoms with Crippen LogP contribution in [-0.4, -0.2) is 23.1 Å². The summed E-state index contributed by atoms with van der Waals surface area (Å²) in [5.41, 5.74) is 1.03. The smallest absolute Gasteiger partial charge is 0.355 e. The second kappa shape index (κ2) is 6.38. The van der Waals surface area contributed by atoms with Gasteiger partial charge in [-0.05, 0) is 40.2 Å². The topological polar surface area (TPSA) is 60.3 Å². The minimum Gasteiger partial charge on any atom is -0.451 e. The van der Waals surface area contributed by atoms with Crippen molar-refractivity contribution in [1.82, 2.24) is 4.57 Å². The highest BCUT2D eigenvalue weighted by Gasteiger charge is 2.13. The summed E-state index contributed by atoms with van der Waals surface area (Å²) < 4.78 is 7.35. The number of nitrogens with one attached hydrogen (secondary N) is 1. The summed E-state index contributed by atoms with van der Waals surface area (Å²) in [5, 5.41) is 2.66. The van der Waals surface area contributed by atoms with E-state index >= 15 is 0 Å². The number of hydrogen-bond donors (Lipinski definition) is 1. The number of benzene rings is 1. The molecule has 1 aromatic carbocycles. The minimum absolute atomic E-state index is 0.328. The van der Waals surface area contributed by atoms with Crippen LogP contribution in [0, 0.1) is 0 Å². The Hall–Kier alpha value is -2.08. The molecule has 0 bridgehead atoms. The molecule has 2 aromatic rings. The normalized spacial score (nSPS) is 10.1. The maximum absolute atomic E-state index is 11.7. The van der Waals surface area contributed by atoms with Crippen molar-refractivity contribution in [3.8, 4) is 0 Å². The van der Waals surface area contributed by atoms with Gasteiger partial charge in [0.05, 0.1) is 5.69 Å². The van der Waals surface area contributed by atoms with E-state index in [-0.39, 0.29) is 12.5 Å². The Morgan fingerprint density at radius 2 is 2.00 bits per heavy atom. The number of aryl methyl sites for hydroxylation is 1. The number of halogens is 1. The molecular formula is C14H13BrN2O3. The molecule has 104 valence electrons. The predicted molar refractivity (Wildman–Crippen MR) is 78.5 cm³/mol. The highest BCUT2D eigenvalue weighted by atomic mass is 79.9. The number of carbonyl (C=O) groups is 2. The first-order valence-corrected chi connectivity index (χ1v) is 6.70. The lowest BCUT2D eigenvalue weighted by Crippen LogP contribution is -2.21. The van der Waals surface area contributed by atoms with Gasteiger partial charge in [0.25, 0.3) is 5.91 Å². The van der Waals surface area contributed by atoms with Gasteiger partial charge < -0.3 is 14.6 Å². The van der Waals surface area contributed by atoms with Crippen molar-refractivity contribution >= 4 is 33.5 Å². The van der Waals surface area contributed by atoms with Crippen LogP contribution in [0.15, 0.2) is 47.1 Å². The molecular weight excluding hydrogens is 324 g/mol. The molecule has 1 aromatic heterocycles. The molecule has 0 saturated heterocycles. The van der Waals surface area contributed by atoms with Gasteiger partial charge in [-0.25, -0.2) is 4.79 Å². The van der Waals surface area contributed by atoms with Gasteiger partial charge in [0, 0.05) is 17.7 Å². The van der Waals surface area contributed by atoms with Crippen molar-refractivity contribution in [2.24, 2.45) is 7.05 Å². The molecule has 0 aliphatic carbocycles. The molecule has 20 heavy (non-hydrogen) atoms. The first-order chi connectivity index (χ1) is 9.58. The number of carbonyl (C=O) groups excluding carboxylic acids is 2. The second-order valence-corrected chi connectivity index (χ2v) is 4.96. The summed E-state index contributed by atoms with van der Waals surface area (Å²) in [4.78, 5) is 23.4. The molecule has 1 N–H and O–H groups in total. The number of amides is 1. The van der Waals surface area contributed by atoms with Gasteiger partial charge in [-0.3, -0.25) is 4.79 Å². The van der Waals surface area contributed by atoms with Gasteiger partial charge >= 0.3 is 5.97 Å². The first-order valence-electron chi connectivity index (χ1n) is 5.91. The molecule has 5 nitrogen and oxygen atoms in total. The number of anilines is 1. The van der Waals surface area contributed by atoms with Gasteiger partial charge in [-0.2, -0.15) is 0 Å². The Kier molecular flexibility index (Phi) is 4.57. The molecule has 0 spiro atoms. The highest BCUT2D eigenvalue weighted by molar-refractivity contribution is 9.10. The maximum Gasteiger partial charge on any atom is 0.355 e. The third kappa shape index (κ3) is 3.48. The van der Waals surface area contributed by atoms with Gasteiger partial charge in [-0.1, -0.05) is 12.1 Å². The molecule has 0 unspecified atom stereocenters. The Bertz CT molecular complexity index is 637. The number of aromatic nitrogens is 1. The summed E-state index contributed by atoms with van der Waals surface area (Å²) in [6.07, 6.45) is 1.73. The van der Waals surface area contributed by atoms with Crippen LogP contribution >= 0.6 is 15.9 Å². The highest BCUT2D eigenvalue weighted by Crippen LogP contribution is 2.20. The number of para-hydroxylation sites is 1. The Morgan fingerprint density at radius 1 is 1.25 bits per heavy atom. The van der Waals surface area contributed by atoms with Crippen LogP contribution in [0.25, 0.3) is 0 Å². The zero-order valence-corrected chi connectivity index (χ0v) is 12.4. The third-order valence-corrected chi connectivity index (χ3v) is 3.33. The van der Waals surface area contributed by atoms with Crippen molar-refractivity contribution in [2.45, 2.75) is 0 Å². The van der Waals surface area contributed by atoms with E-state index in [4.69, 9.17) is 4.74 Å². The predicted octanol–water partition coefficient (Wildman–Crippen LogP) is 2.58. The summed E-state index contributed by atoms with van der Waals surface area (Å²) in [5.74, 6) is -0.917. The molecule has 2 rings (SSSR count). The monoisotopic (exact) mass is 336 g/mol. The van der Waals surface area contributed by atoms with Gasteiger partial charge in [0.1, 0.15) is 5.69 Å². The minimum atomic E-state index is -0.528. The molecule has 1 heterocycles. The van der Waals surface area contributed by atoms with E-state index < -0.39 is 5.97 Å². The van der Waals surface area contributed by atoms with E-state index in [1.807, 2.05) is 12.1 Å². The summed E-state index contributed by atoms with van der Waals surface area (Å²) >= 11 is 3.32. The molecule has 0 atom stereocenters. The number of ether oxygens (including phenoxy) is 1. The summed E-state index contributed by atoms with van der Waals surface area (Å²) in [6, 6.07) is 10.6. The van der Waals surface area contributed by atoms with Crippen LogP contribution in [0.4, 0.5) is 5.69 Å². The molecule has 0 radical (unpaired) electrons. The largest absolute Gasteiger partial charge is 0.451 e. The van der Waals surface area contributed by atoms with Crippen molar-refractivity contribution < 1.29 is 14.3 Å². The van der Waals surface area contributed by atoms with Gasteiger partial charge in [-0.15, -0.1) is 0 Å². The van der Waals surface area contributed by atoms with Gasteiger partial charge in [0.2, 0.25) is 0 Å². The van der Waals surface area contributed by atoms with Crippen molar-refractivity contribution in [3.05, 3.63) is 52.8 Å². The molecule has 0 aliphatic heterocycles. The van der Waals surface area contributed by atoms with Crippen molar-refractivity contribution in [2.75, 3.05) is 11.9 Å². The molecule has 0 saturated carbocycles. The lowest BCUT2D eigenvalue weighted by atomic mass is 10.3. The van der Waals surface area contributed by atoms with Crippen LogP contribution < -0.4 is 5.32 Å².